The van der Waals surface area contributed by atoms with Crippen molar-refractivity contribution in [2.24, 2.45) is 0 Å². The van der Waals surface area contributed by atoms with Crippen molar-refractivity contribution in [1.82, 2.24) is 20.4 Å². The van der Waals surface area contributed by atoms with Crippen LogP contribution in [0, 0.1) is 0 Å². The summed E-state index contributed by atoms with van der Waals surface area (Å²) in [5.74, 6) is 0. The summed E-state index contributed by atoms with van der Waals surface area (Å²) in [6.07, 6.45) is 25.5. The lowest BCUT2D eigenvalue weighted by atomic mass is 9.85. The molecular formula is C24H38N4. The van der Waals surface area contributed by atoms with Gasteiger partial charge in [0, 0.05) is 49.5 Å². The molecule has 2 saturated heterocycles. The van der Waals surface area contributed by atoms with Crippen molar-refractivity contribution in [2.45, 2.75) is 75.2 Å². The minimum absolute atomic E-state index is 0.352. The van der Waals surface area contributed by atoms with E-state index < -0.39 is 0 Å². The smallest absolute Gasteiger partial charge is 0.0448 e. The van der Waals surface area contributed by atoms with E-state index in [1.165, 1.54) is 57.2 Å². The van der Waals surface area contributed by atoms with Crippen LogP contribution in [0.2, 0.25) is 0 Å². The first-order valence-electron chi connectivity index (χ1n) is 11.4. The lowest BCUT2D eigenvalue weighted by molar-refractivity contribution is 0.201. The number of piperazine rings is 1. The van der Waals surface area contributed by atoms with E-state index in [1.807, 2.05) is 0 Å². The van der Waals surface area contributed by atoms with Gasteiger partial charge in [0.2, 0.25) is 0 Å². The van der Waals surface area contributed by atoms with Crippen molar-refractivity contribution in [3.8, 4) is 0 Å². The summed E-state index contributed by atoms with van der Waals surface area (Å²) in [6.45, 7) is 2.22. The molecule has 4 nitrogen and oxygen atoms in total. The van der Waals surface area contributed by atoms with Gasteiger partial charge in [0.1, 0.15) is 0 Å². The molecule has 0 bridgehead atoms. The normalized spacial score (nSPS) is 37.4. The number of hydrogen-bond donors (Lipinski definition) is 2. The van der Waals surface area contributed by atoms with Gasteiger partial charge in [-0.3, -0.25) is 4.90 Å². The number of likely N-dealkylation sites (tertiary alicyclic amines) is 1. The van der Waals surface area contributed by atoms with Crippen molar-refractivity contribution in [3.63, 3.8) is 0 Å². The van der Waals surface area contributed by atoms with Crippen LogP contribution in [0.15, 0.2) is 48.2 Å². The highest BCUT2D eigenvalue weighted by Crippen LogP contribution is 2.25. The summed E-state index contributed by atoms with van der Waals surface area (Å²) in [5, 5.41) is 7.97. The number of piperidine rings is 1. The molecule has 3 heterocycles. The van der Waals surface area contributed by atoms with Gasteiger partial charge in [0.15, 0.2) is 0 Å². The topological polar surface area (TPSA) is 30.5 Å². The zero-order chi connectivity index (χ0) is 19.3. The highest BCUT2D eigenvalue weighted by atomic mass is 15.2. The molecule has 4 heteroatoms. The third-order valence-electron chi connectivity index (χ3n) is 7.03. The molecule has 3 aliphatic heterocycles. The minimum Gasteiger partial charge on any atom is -0.371 e. The number of allylic oxidation sites excluding steroid dienone is 3. The molecule has 0 spiro atoms. The summed E-state index contributed by atoms with van der Waals surface area (Å²) in [7, 11) is 4.44. The van der Waals surface area contributed by atoms with E-state index in [9.17, 15) is 0 Å². The van der Waals surface area contributed by atoms with Gasteiger partial charge in [-0.1, -0.05) is 49.6 Å². The first-order valence-corrected chi connectivity index (χ1v) is 11.4. The van der Waals surface area contributed by atoms with Crippen LogP contribution in [-0.2, 0) is 0 Å². The van der Waals surface area contributed by atoms with Crippen molar-refractivity contribution in [3.05, 3.63) is 48.2 Å². The number of hydrogen-bond acceptors (Lipinski definition) is 4. The second kappa shape index (κ2) is 9.43. The van der Waals surface area contributed by atoms with Crippen molar-refractivity contribution in [2.75, 3.05) is 27.2 Å². The molecule has 0 aromatic carbocycles. The fourth-order valence-electron chi connectivity index (χ4n) is 5.18. The van der Waals surface area contributed by atoms with E-state index in [0.717, 1.165) is 6.54 Å². The molecule has 3 fully saturated rings. The van der Waals surface area contributed by atoms with Gasteiger partial charge in [0.05, 0.1) is 0 Å². The Morgan fingerprint density at radius 3 is 2.32 bits per heavy atom. The van der Waals surface area contributed by atoms with Gasteiger partial charge in [-0.25, -0.2) is 0 Å². The average molecular weight is 383 g/mol. The number of nitrogens with zero attached hydrogens (tertiary/aromatic N) is 2. The SMILES string of the molecule is CN1CC=CC=C1/C=C/C1NC2CCCCC2NC1/C=C/C1CCCCN1C. The quantitative estimate of drug-likeness (QED) is 0.731. The molecule has 0 aromatic rings. The third kappa shape index (κ3) is 4.79. The van der Waals surface area contributed by atoms with Crippen LogP contribution in [0.4, 0.5) is 0 Å². The molecule has 2 N–H and O–H groups in total. The first-order chi connectivity index (χ1) is 13.7. The van der Waals surface area contributed by atoms with Crippen LogP contribution in [0.3, 0.4) is 0 Å². The van der Waals surface area contributed by atoms with Gasteiger partial charge >= 0.3 is 0 Å². The standard InChI is InChI=1S/C24H38N4/c1-27-17-7-5-9-19(27)13-15-23-24(16-14-20-10-6-8-18-28(20)2)26-22-12-4-3-11-21(22)25-23/h5,7,9,13-16,20-26H,3-4,6,8,10-12,17-18H2,1-2H3/b15-13+,16-14+. The lowest BCUT2D eigenvalue weighted by Crippen LogP contribution is -2.65. The number of fused-ring (bicyclic) bond motifs is 1. The second-order valence-corrected chi connectivity index (χ2v) is 9.07. The van der Waals surface area contributed by atoms with E-state index in [-0.39, 0.29) is 0 Å². The van der Waals surface area contributed by atoms with Crippen LogP contribution in [-0.4, -0.2) is 67.2 Å². The monoisotopic (exact) mass is 382 g/mol. The Morgan fingerprint density at radius 2 is 1.61 bits per heavy atom. The van der Waals surface area contributed by atoms with Gasteiger partial charge in [-0.2, -0.15) is 0 Å². The molecule has 5 unspecified atom stereocenters. The maximum atomic E-state index is 3.99. The molecule has 5 atom stereocenters. The summed E-state index contributed by atoms with van der Waals surface area (Å²) in [5.41, 5.74) is 1.30. The van der Waals surface area contributed by atoms with Crippen molar-refractivity contribution in [1.29, 1.82) is 0 Å². The molecule has 0 radical (unpaired) electrons. The Kier molecular flexibility index (Phi) is 6.71. The number of likely N-dealkylation sites (N-methyl/N-ethyl adjacent to an activating group) is 2. The van der Waals surface area contributed by atoms with E-state index in [2.05, 4.69) is 77.1 Å². The van der Waals surface area contributed by atoms with Crippen molar-refractivity contribution >= 4 is 0 Å². The van der Waals surface area contributed by atoms with Crippen LogP contribution in [0.25, 0.3) is 0 Å². The highest BCUT2D eigenvalue weighted by Gasteiger charge is 2.35. The van der Waals surface area contributed by atoms with Crippen LogP contribution in [0.5, 0.6) is 0 Å². The van der Waals surface area contributed by atoms with Gasteiger partial charge in [-0.15, -0.1) is 0 Å². The predicted molar refractivity (Wildman–Crippen MR) is 118 cm³/mol. The molecule has 0 aromatic heterocycles. The largest absolute Gasteiger partial charge is 0.371 e. The molecule has 1 saturated carbocycles. The molecule has 4 rings (SSSR count). The van der Waals surface area contributed by atoms with E-state index in [0.29, 0.717) is 30.2 Å². The lowest BCUT2D eigenvalue weighted by Gasteiger charge is -2.44. The Hall–Kier alpha value is -1.36. The summed E-state index contributed by atoms with van der Waals surface area (Å²) in [4.78, 5) is 4.82. The third-order valence-corrected chi connectivity index (χ3v) is 7.03. The fourth-order valence-corrected chi connectivity index (χ4v) is 5.18. The molecular weight excluding hydrogens is 344 g/mol. The van der Waals surface area contributed by atoms with E-state index >= 15 is 0 Å². The average Bonchev–Trinajstić information content (AvgIpc) is 2.72. The first kappa shape index (κ1) is 19.9. The molecule has 4 aliphatic rings. The summed E-state index contributed by atoms with van der Waals surface area (Å²) in [6, 6.07) is 2.56. The van der Waals surface area contributed by atoms with Gasteiger partial charge in [-0.05, 0) is 51.4 Å². The maximum absolute atomic E-state index is 3.99. The molecule has 154 valence electrons. The Balaban J connectivity index is 1.48. The van der Waals surface area contributed by atoms with Crippen LogP contribution < -0.4 is 10.6 Å². The maximum Gasteiger partial charge on any atom is 0.0448 e. The number of nitrogens with one attached hydrogen (secondary N) is 2. The Bertz CT molecular complexity index is 635. The molecule has 28 heavy (non-hydrogen) atoms. The highest BCUT2D eigenvalue weighted by molar-refractivity contribution is 5.28. The molecule has 0 amide bonds. The van der Waals surface area contributed by atoms with Crippen LogP contribution in [0.1, 0.15) is 44.9 Å². The zero-order valence-corrected chi connectivity index (χ0v) is 17.7. The fraction of sp³-hybridized carbons (Fsp3) is 0.667. The summed E-state index contributed by atoms with van der Waals surface area (Å²) >= 11 is 0. The zero-order valence-electron chi connectivity index (χ0n) is 17.7. The minimum atomic E-state index is 0.352. The van der Waals surface area contributed by atoms with Crippen LogP contribution >= 0.6 is 0 Å². The summed E-state index contributed by atoms with van der Waals surface area (Å²) < 4.78 is 0. The van der Waals surface area contributed by atoms with E-state index in [4.69, 9.17) is 0 Å². The van der Waals surface area contributed by atoms with Gasteiger partial charge in [0.25, 0.3) is 0 Å². The Labute approximate surface area is 171 Å². The second-order valence-electron chi connectivity index (χ2n) is 9.07. The van der Waals surface area contributed by atoms with Crippen molar-refractivity contribution < 1.29 is 0 Å². The molecule has 1 aliphatic carbocycles. The van der Waals surface area contributed by atoms with E-state index in [1.54, 1.807) is 0 Å². The Morgan fingerprint density at radius 1 is 0.893 bits per heavy atom. The van der Waals surface area contributed by atoms with Gasteiger partial charge < -0.3 is 15.5 Å². The number of rotatable bonds is 4. The predicted octanol–water partition coefficient (Wildman–Crippen LogP) is 3.21.